The largest absolute Gasteiger partial charge is 0.374 e. The molecule has 0 unspecified atom stereocenters. The van der Waals surface area contributed by atoms with Gasteiger partial charge in [0.2, 0.25) is 0 Å². The smallest absolute Gasteiger partial charge is 0.156 e. The molecule has 0 bridgehead atoms. The van der Waals surface area contributed by atoms with Gasteiger partial charge in [0.25, 0.3) is 0 Å². The lowest BCUT2D eigenvalue weighted by Gasteiger charge is -2.11. The van der Waals surface area contributed by atoms with E-state index in [0.29, 0.717) is 13.2 Å². The highest BCUT2D eigenvalue weighted by Gasteiger charge is 2.11. The molecular formula is C12H20IN3O. The van der Waals surface area contributed by atoms with Crippen molar-refractivity contribution in [2.24, 2.45) is 0 Å². The summed E-state index contributed by atoms with van der Waals surface area (Å²) in [5.74, 6) is 1.70. The first-order valence-electron chi connectivity index (χ1n) is 6.09. The van der Waals surface area contributed by atoms with Crippen LogP contribution in [-0.4, -0.2) is 23.1 Å². The van der Waals surface area contributed by atoms with Gasteiger partial charge in [0.05, 0.1) is 9.26 Å². The summed E-state index contributed by atoms with van der Waals surface area (Å²) in [4.78, 5) is 9.05. The molecule has 1 aromatic heterocycles. The van der Waals surface area contributed by atoms with Crippen molar-refractivity contribution in [1.29, 1.82) is 0 Å². The van der Waals surface area contributed by atoms with Gasteiger partial charge in [-0.05, 0) is 42.9 Å². The number of halogens is 1. The van der Waals surface area contributed by atoms with E-state index < -0.39 is 0 Å². The second kappa shape index (κ2) is 7.81. The Morgan fingerprint density at radius 2 is 2.00 bits per heavy atom. The molecular weight excluding hydrogens is 329 g/mol. The zero-order chi connectivity index (χ0) is 12.7. The molecule has 4 nitrogen and oxygen atoms in total. The minimum atomic E-state index is 0.489. The van der Waals surface area contributed by atoms with Gasteiger partial charge in [0.15, 0.2) is 5.82 Å². The second-order valence-electron chi connectivity index (χ2n) is 3.67. The minimum Gasteiger partial charge on any atom is -0.374 e. The summed E-state index contributed by atoms with van der Waals surface area (Å²) in [7, 11) is 0. The van der Waals surface area contributed by atoms with Crippen LogP contribution in [0.25, 0.3) is 0 Å². The van der Waals surface area contributed by atoms with E-state index in [9.17, 15) is 0 Å². The van der Waals surface area contributed by atoms with Crippen molar-refractivity contribution in [2.45, 2.75) is 40.2 Å². The van der Waals surface area contributed by atoms with E-state index in [1.54, 1.807) is 0 Å². The lowest BCUT2D eigenvalue weighted by Crippen LogP contribution is -2.10. The summed E-state index contributed by atoms with van der Waals surface area (Å²) in [5.41, 5.74) is 1.12. The van der Waals surface area contributed by atoms with Crippen LogP contribution in [0.1, 0.15) is 38.7 Å². The number of hydrogen-bond acceptors (Lipinski definition) is 4. The van der Waals surface area contributed by atoms with Crippen LogP contribution < -0.4 is 5.32 Å². The topological polar surface area (TPSA) is 47.0 Å². The van der Waals surface area contributed by atoms with Crippen LogP contribution in [-0.2, 0) is 17.8 Å². The molecule has 0 saturated carbocycles. The highest BCUT2D eigenvalue weighted by atomic mass is 127. The van der Waals surface area contributed by atoms with E-state index in [0.717, 1.165) is 40.3 Å². The Labute approximate surface area is 117 Å². The van der Waals surface area contributed by atoms with Gasteiger partial charge in [-0.2, -0.15) is 0 Å². The van der Waals surface area contributed by atoms with Gasteiger partial charge in [-0.15, -0.1) is 0 Å². The summed E-state index contributed by atoms with van der Waals surface area (Å²) >= 11 is 2.31. The number of nitrogens with zero attached hydrogens (tertiary/aromatic N) is 2. The van der Waals surface area contributed by atoms with Crippen molar-refractivity contribution in [3.05, 3.63) is 15.1 Å². The number of aromatic nitrogens is 2. The fourth-order valence-corrected chi connectivity index (χ4v) is 2.19. The first-order valence-corrected chi connectivity index (χ1v) is 7.17. The fourth-order valence-electron chi connectivity index (χ4n) is 1.49. The maximum absolute atomic E-state index is 5.37. The quantitative estimate of drug-likeness (QED) is 0.769. The average molecular weight is 349 g/mol. The lowest BCUT2D eigenvalue weighted by atomic mass is 10.2. The normalized spacial score (nSPS) is 10.6. The Morgan fingerprint density at radius 1 is 1.24 bits per heavy atom. The Hall–Kier alpha value is -0.430. The molecule has 0 amide bonds. The Morgan fingerprint density at radius 3 is 2.59 bits per heavy atom. The van der Waals surface area contributed by atoms with Crippen LogP contribution in [0.15, 0.2) is 0 Å². The molecule has 1 aromatic rings. The molecule has 0 spiro atoms. The Kier molecular flexibility index (Phi) is 6.72. The number of rotatable bonds is 7. The lowest BCUT2D eigenvalue weighted by molar-refractivity contribution is 0.128. The molecule has 1 heterocycles. The van der Waals surface area contributed by atoms with Gasteiger partial charge >= 0.3 is 0 Å². The molecule has 1 N–H and O–H groups in total. The van der Waals surface area contributed by atoms with Gasteiger partial charge < -0.3 is 10.1 Å². The zero-order valence-corrected chi connectivity index (χ0v) is 12.9. The van der Waals surface area contributed by atoms with Gasteiger partial charge in [0.1, 0.15) is 12.4 Å². The third kappa shape index (κ3) is 4.39. The Bertz CT molecular complexity index is 331. The number of nitrogens with one attached hydrogen (secondary N) is 1. The van der Waals surface area contributed by atoms with Gasteiger partial charge in [-0.1, -0.05) is 13.3 Å². The van der Waals surface area contributed by atoms with Crippen molar-refractivity contribution in [3.8, 4) is 0 Å². The predicted octanol–water partition coefficient (Wildman–Crippen LogP) is 3.00. The molecule has 17 heavy (non-hydrogen) atoms. The van der Waals surface area contributed by atoms with Crippen LogP contribution in [0.5, 0.6) is 0 Å². The van der Waals surface area contributed by atoms with Crippen LogP contribution in [0.3, 0.4) is 0 Å². The number of aryl methyl sites for hydroxylation is 1. The first-order chi connectivity index (χ1) is 8.22. The molecule has 0 atom stereocenters. The van der Waals surface area contributed by atoms with Crippen LogP contribution in [0.2, 0.25) is 0 Å². The highest BCUT2D eigenvalue weighted by molar-refractivity contribution is 14.1. The third-order valence-corrected chi connectivity index (χ3v) is 3.37. The van der Waals surface area contributed by atoms with E-state index in [4.69, 9.17) is 4.74 Å². The standard InChI is InChI=1S/C12H20IN3O/c1-4-7-9-11(13)12(14-5-2)16-10(15-9)8-17-6-3/h4-8H2,1-3H3,(H,14,15,16). The molecule has 0 aliphatic heterocycles. The van der Waals surface area contributed by atoms with Gasteiger partial charge in [-0.3, -0.25) is 0 Å². The number of anilines is 1. The van der Waals surface area contributed by atoms with E-state index >= 15 is 0 Å². The summed E-state index contributed by atoms with van der Waals surface area (Å²) in [5, 5.41) is 3.28. The summed E-state index contributed by atoms with van der Waals surface area (Å²) < 4.78 is 6.50. The summed E-state index contributed by atoms with van der Waals surface area (Å²) in [6.45, 7) is 8.25. The van der Waals surface area contributed by atoms with Crippen LogP contribution in [0.4, 0.5) is 5.82 Å². The summed E-state index contributed by atoms with van der Waals surface area (Å²) in [6, 6.07) is 0. The molecule has 0 saturated heterocycles. The average Bonchev–Trinajstić information content (AvgIpc) is 2.32. The second-order valence-corrected chi connectivity index (χ2v) is 4.75. The maximum Gasteiger partial charge on any atom is 0.156 e. The van der Waals surface area contributed by atoms with E-state index in [1.807, 2.05) is 6.92 Å². The van der Waals surface area contributed by atoms with Crippen molar-refractivity contribution < 1.29 is 4.74 Å². The predicted molar refractivity (Wildman–Crippen MR) is 78.2 cm³/mol. The van der Waals surface area contributed by atoms with Crippen molar-refractivity contribution in [1.82, 2.24) is 9.97 Å². The zero-order valence-electron chi connectivity index (χ0n) is 10.7. The molecule has 1 rings (SSSR count). The first kappa shape index (κ1) is 14.6. The van der Waals surface area contributed by atoms with Gasteiger partial charge in [-0.25, -0.2) is 9.97 Å². The van der Waals surface area contributed by atoms with Crippen molar-refractivity contribution >= 4 is 28.4 Å². The van der Waals surface area contributed by atoms with Gasteiger partial charge in [0, 0.05) is 13.2 Å². The maximum atomic E-state index is 5.37. The minimum absolute atomic E-state index is 0.489. The number of ether oxygens (including phenoxy) is 1. The van der Waals surface area contributed by atoms with E-state index in [-0.39, 0.29) is 0 Å². The molecule has 0 aromatic carbocycles. The van der Waals surface area contributed by atoms with E-state index in [2.05, 4.69) is 51.7 Å². The monoisotopic (exact) mass is 349 g/mol. The van der Waals surface area contributed by atoms with Crippen LogP contribution in [0, 0.1) is 3.57 Å². The van der Waals surface area contributed by atoms with Crippen molar-refractivity contribution in [3.63, 3.8) is 0 Å². The molecule has 0 aliphatic carbocycles. The Balaban J connectivity index is 2.98. The fraction of sp³-hybridized carbons (Fsp3) is 0.667. The third-order valence-electron chi connectivity index (χ3n) is 2.23. The molecule has 0 aliphatic rings. The highest BCUT2D eigenvalue weighted by Crippen LogP contribution is 2.20. The molecule has 96 valence electrons. The van der Waals surface area contributed by atoms with Crippen molar-refractivity contribution in [2.75, 3.05) is 18.5 Å². The van der Waals surface area contributed by atoms with E-state index in [1.165, 1.54) is 0 Å². The summed E-state index contributed by atoms with van der Waals surface area (Å²) in [6.07, 6.45) is 2.07. The van der Waals surface area contributed by atoms with Crippen LogP contribution >= 0.6 is 22.6 Å². The molecule has 0 fully saturated rings. The number of hydrogen-bond donors (Lipinski definition) is 1. The molecule has 0 radical (unpaired) electrons. The molecule has 5 heteroatoms. The SMILES string of the molecule is CCCc1nc(COCC)nc(NCC)c1I.